The van der Waals surface area contributed by atoms with Crippen LogP contribution < -0.4 is 10.4 Å². The maximum Gasteiger partial charge on any atom is 0.379 e. The maximum absolute atomic E-state index is 12.0. The zero-order valence-corrected chi connectivity index (χ0v) is 12.0. The van der Waals surface area contributed by atoms with E-state index in [-0.39, 0.29) is 5.75 Å². The molecule has 6 heteroatoms. The Morgan fingerprint density at radius 1 is 1.33 bits per heavy atom. The van der Waals surface area contributed by atoms with E-state index in [2.05, 4.69) is 10.1 Å². The van der Waals surface area contributed by atoms with Crippen LogP contribution in [0.4, 0.5) is 0 Å². The standard InChI is InChI=1S/C15H15N3O3/c1-9(14-16-10(2)17-18(14)3)20-13-8-11-6-4-5-7-12(11)21-15(13)19/h4-9H,1-3H3. The van der Waals surface area contributed by atoms with Crippen LogP contribution >= 0.6 is 0 Å². The zero-order valence-electron chi connectivity index (χ0n) is 12.0. The Labute approximate surface area is 121 Å². The van der Waals surface area contributed by atoms with Crippen LogP contribution in [0.25, 0.3) is 11.0 Å². The van der Waals surface area contributed by atoms with E-state index in [0.717, 1.165) is 5.39 Å². The Hall–Kier alpha value is -2.63. The summed E-state index contributed by atoms with van der Waals surface area (Å²) < 4.78 is 12.6. The highest BCUT2D eigenvalue weighted by molar-refractivity contribution is 5.77. The predicted molar refractivity (Wildman–Crippen MR) is 77.3 cm³/mol. The first-order valence-corrected chi connectivity index (χ1v) is 6.61. The first-order valence-electron chi connectivity index (χ1n) is 6.61. The van der Waals surface area contributed by atoms with Crippen LogP contribution in [0, 0.1) is 6.92 Å². The van der Waals surface area contributed by atoms with E-state index in [1.54, 1.807) is 30.8 Å². The highest BCUT2D eigenvalue weighted by atomic mass is 16.5. The molecule has 6 nitrogen and oxygen atoms in total. The quantitative estimate of drug-likeness (QED) is 0.691. The molecular formula is C15H15N3O3. The van der Waals surface area contributed by atoms with E-state index in [4.69, 9.17) is 9.15 Å². The molecule has 0 saturated heterocycles. The zero-order chi connectivity index (χ0) is 15.0. The second-order valence-corrected chi connectivity index (χ2v) is 4.84. The fraction of sp³-hybridized carbons (Fsp3) is 0.267. The second-order valence-electron chi connectivity index (χ2n) is 4.84. The lowest BCUT2D eigenvalue weighted by Crippen LogP contribution is -2.14. The van der Waals surface area contributed by atoms with Gasteiger partial charge < -0.3 is 9.15 Å². The van der Waals surface area contributed by atoms with Crippen molar-refractivity contribution in [2.45, 2.75) is 20.0 Å². The van der Waals surface area contributed by atoms with Crippen LogP contribution in [-0.2, 0) is 7.05 Å². The summed E-state index contributed by atoms with van der Waals surface area (Å²) in [5.74, 6) is 1.48. The number of hydrogen-bond donors (Lipinski definition) is 0. The monoisotopic (exact) mass is 285 g/mol. The molecule has 0 aliphatic heterocycles. The van der Waals surface area contributed by atoms with Crippen LogP contribution in [-0.4, -0.2) is 14.8 Å². The minimum Gasteiger partial charge on any atom is -0.475 e. The molecule has 0 radical (unpaired) electrons. The third kappa shape index (κ3) is 2.52. The number of nitrogens with zero attached hydrogens (tertiary/aromatic N) is 3. The van der Waals surface area contributed by atoms with Gasteiger partial charge in [0.15, 0.2) is 11.9 Å². The van der Waals surface area contributed by atoms with Gasteiger partial charge in [0.25, 0.3) is 0 Å². The van der Waals surface area contributed by atoms with E-state index in [1.807, 2.05) is 25.1 Å². The molecule has 3 aromatic rings. The summed E-state index contributed by atoms with van der Waals surface area (Å²) in [6.07, 6.45) is -0.403. The van der Waals surface area contributed by atoms with Crippen LogP contribution in [0.2, 0.25) is 0 Å². The molecular weight excluding hydrogens is 270 g/mol. The number of aryl methyl sites for hydroxylation is 2. The minimum atomic E-state index is -0.501. The first-order chi connectivity index (χ1) is 10.0. The smallest absolute Gasteiger partial charge is 0.379 e. The molecule has 0 aliphatic carbocycles. The van der Waals surface area contributed by atoms with Gasteiger partial charge >= 0.3 is 5.63 Å². The average Bonchev–Trinajstić information content (AvgIpc) is 2.78. The Balaban J connectivity index is 1.96. The van der Waals surface area contributed by atoms with Crippen molar-refractivity contribution in [2.24, 2.45) is 7.05 Å². The number of rotatable bonds is 3. The summed E-state index contributed by atoms with van der Waals surface area (Å²) in [6, 6.07) is 8.98. The molecule has 21 heavy (non-hydrogen) atoms. The summed E-state index contributed by atoms with van der Waals surface area (Å²) in [5, 5.41) is 4.98. The number of benzene rings is 1. The highest BCUT2D eigenvalue weighted by Gasteiger charge is 2.17. The molecule has 0 bridgehead atoms. The number of fused-ring (bicyclic) bond motifs is 1. The SMILES string of the molecule is Cc1nc(C(C)Oc2cc3ccccc3oc2=O)n(C)n1. The van der Waals surface area contributed by atoms with Crippen molar-refractivity contribution in [2.75, 3.05) is 0 Å². The summed E-state index contributed by atoms with van der Waals surface area (Å²) in [4.78, 5) is 16.2. The van der Waals surface area contributed by atoms with Crippen molar-refractivity contribution in [1.29, 1.82) is 0 Å². The van der Waals surface area contributed by atoms with E-state index in [9.17, 15) is 4.79 Å². The highest BCUT2D eigenvalue weighted by Crippen LogP contribution is 2.21. The summed E-state index contributed by atoms with van der Waals surface area (Å²) in [6.45, 7) is 3.62. The Kier molecular flexibility index (Phi) is 3.21. The van der Waals surface area contributed by atoms with Crippen molar-refractivity contribution >= 4 is 11.0 Å². The number of para-hydroxylation sites is 1. The molecule has 0 aliphatic rings. The molecule has 3 rings (SSSR count). The molecule has 0 amide bonds. The third-order valence-electron chi connectivity index (χ3n) is 3.18. The lowest BCUT2D eigenvalue weighted by atomic mass is 10.2. The maximum atomic E-state index is 12.0. The Morgan fingerprint density at radius 2 is 2.10 bits per heavy atom. The molecule has 2 heterocycles. The van der Waals surface area contributed by atoms with Crippen molar-refractivity contribution in [3.05, 3.63) is 52.4 Å². The molecule has 0 fully saturated rings. The van der Waals surface area contributed by atoms with Crippen LogP contribution in [0.5, 0.6) is 5.75 Å². The van der Waals surface area contributed by atoms with Crippen molar-refractivity contribution < 1.29 is 9.15 Å². The van der Waals surface area contributed by atoms with Crippen molar-refractivity contribution in [3.8, 4) is 5.75 Å². The van der Waals surface area contributed by atoms with E-state index in [1.165, 1.54) is 0 Å². The molecule has 1 atom stereocenters. The minimum absolute atomic E-state index is 0.168. The average molecular weight is 285 g/mol. The molecule has 0 spiro atoms. The first kappa shape index (κ1) is 13.4. The predicted octanol–water partition coefficient (Wildman–Crippen LogP) is 2.37. The van der Waals surface area contributed by atoms with Crippen LogP contribution in [0.1, 0.15) is 24.7 Å². The fourth-order valence-corrected chi connectivity index (χ4v) is 2.25. The number of aromatic nitrogens is 3. The Bertz CT molecular complexity index is 851. The molecule has 0 saturated carbocycles. The van der Waals surface area contributed by atoms with Crippen LogP contribution in [0.3, 0.4) is 0 Å². The summed E-state index contributed by atoms with van der Waals surface area (Å²) in [7, 11) is 1.79. The van der Waals surface area contributed by atoms with Gasteiger partial charge in [-0.2, -0.15) is 5.10 Å². The summed E-state index contributed by atoms with van der Waals surface area (Å²) in [5.41, 5.74) is 0.0384. The van der Waals surface area contributed by atoms with Gasteiger partial charge in [0, 0.05) is 12.4 Å². The Morgan fingerprint density at radius 3 is 2.81 bits per heavy atom. The van der Waals surface area contributed by atoms with Crippen molar-refractivity contribution in [3.63, 3.8) is 0 Å². The van der Waals surface area contributed by atoms with Gasteiger partial charge in [-0.05, 0) is 26.0 Å². The normalized spacial score (nSPS) is 12.5. The number of ether oxygens (including phenoxy) is 1. The topological polar surface area (TPSA) is 70.2 Å². The van der Waals surface area contributed by atoms with Gasteiger partial charge in [0.2, 0.25) is 5.75 Å². The summed E-state index contributed by atoms with van der Waals surface area (Å²) >= 11 is 0. The molecule has 2 aromatic heterocycles. The van der Waals surface area contributed by atoms with Gasteiger partial charge in [-0.25, -0.2) is 14.5 Å². The van der Waals surface area contributed by atoms with E-state index >= 15 is 0 Å². The molecule has 1 unspecified atom stereocenters. The second kappa shape index (κ2) is 5.05. The van der Waals surface area contributed by atoms with Crippen molar-refractivity contribution in [1.82, 2.24) is 14.8 Å². The van der Waals surface area contributed by atoms with Gasteiger partial charge in [-0.1, -0.05) is 18.2 Å². The van der Waals surface area contributed by atoms with Crippen LogP contribution in [0.15, 0.2) is 39.5 Å². The lowest BCUT2D eigenvalue weighted by Gasteiger charge is -2.12. The van der Waals surface area contributed by atoms with Gasteiger partial charge in [0.1, 0.15) is 11.4 Å². The molecule has 0 N–H and O–H groups in total. The third-order valence-corrected chi connectivity index (χ3v) is 3.18. The fourth-order valence-electron chi connectivity index (χ4n) is 2.25. The molecule has 108 valence electrons. The van der Waals surface area contributed by atoms with Gasteiger partial charge in [-0.3, -0.25) is 0 Å². The van der Waals surface area contributed by atoms with E-state index in [0.29, 0.717) is 17.2 Å². The molecule has 1 aromatic carbocycles. The van der Waals surface area contributed by atoms with E-state index < -0.39 is 11.7 Å². The number of hydrogen-bond acceptors (Lipinski definition) is 5. The largest absolute Gasteiger partial charge is 0.475 e. The van der Waals surface area contributed by atoms with Gasteiger partial charge in [0.05, 0.1) is 0 Å². The lowest BCUT2D eigenvalue weighted by molar-refractivity contribution is 0.202. The van der Waals surface area contributed by atoms with Gasteiger partial charge in [-0.15, -0.1) is 0 Å².